The van der Waals surface area contributed by atoms with E-state index in [1.54, 1.807) is 30.3 Å². The topological polar surface area (TPSA) is 97.1 Å². The molecule has 9 nitrogen and oxygen atoms in total. The van der Waals surface area contributed by atoms with Crippen LogP contribution in [0.2, 0.25) is 0 Å². The van der Waals surface area contributed by atoms with Crippen LogP contribution in [-0.2, 0) is 17.9 Å². The fourth-order valence-electron chi connectivity index (χ4n) is 3.68. The zero-order valence-corrected chi connectivity index (χ0v) is 14.7. The summed E-state index contributed by atoms with van der Waals surface area (Å²) in [5.41, 5.74) is 0. The van der Waals surface area contributed by atoms with Gasteiger partial charge in [0.15, 0.2) is 5.82 Å². The predicted octanol–water partition coefficient (Wildman–Crippen LogP) is 0.450. The van der Waals surface area contributed by atoms with Gasteiger partial charge in [-0.3, -0.25) is 9.59 Å². The highest BCUT2D eigenvalue weighted by atomic mass is 16.2. The summed E-state index contributed by atoms with van der Waals surface area (Å²) in [6.07, 6.45) is 5.11. The molecule has 1 fully saturated rings. The molecule has 1 unspecified atom stereocenters. The number of carbonyl (C=O) groups excluding carboxylic acids is 2. The SMILES string of the molecule is CC(=O)N1CCCC(c2nnc3n2CCN(C(=O)c2ncccn2)C3)C1. The van der Waals surface area contributed by atoms with Crippen LogP contribution in [0, 0.1) is 0 Å². The van der Waals surface area contributed by atoms with Gasteiger partial charge in [-0.15, -0.1) is 10.2 Å². The maximum absolute atomic E-state index is 12.5. The summed E-state index contributed by atoms with van der Waals surface area (Å²) in [5.74, 6) is 2.01. The first-order valence-electron chi connectivity index (χ1n) is 8.87. The van der Waals surface area contributed by atoms with Gasteiger partial charge in [-0.2, -0.15) is 0 Å². The van der Waals surface area contributed by atoms with Gasteiger partial charge in [0.25, 0.3) is 5.91 Å². The minimum atomic E-state index is -0.193. The first kappa shape index (κ1) is 16.6. The van der Waals surface area contributed by atoms with E-state index in [4.69, 9.17) is 0 Å². The molecular weight excluding hydrogens is 334 g/mol. The zero-order valence-electron chi connectivity index (χ0n) is 14.7. The third-order valence-electron chi connectivity index (χ3n) is 5.06. The number of aromatic nitrogens is 5. The molecule has 0 bridgehead atoms. The highest BCUT2D eigenvalue weighted by molar-refractivity contribution is 5.90. The Balaban J connectivity index is 1.50. The molecule has 4 heterocycles. The zero-order chi connectivity index (χ0) is 18.1. The second-order valence-corrected chi connectivity index (χ2v) is 6.73. The molecule has 1 atom stereocenters. The molecule has 0 N–H and O–H groups in total. The molecule has 136 valence electrons. The van der Waals surface area contributed by atoms with Gasteiger partial charge >= 0.3 is 0 Å². The van der Waals surface area contributed by atoms with E-state index >= 15 is 0 Å². The average molecular weight is 355 g/mol. The third kappa shape index (κ3) is 3.04. The lowest BCUT2D eigenvalue weighted by atomic mass is 9.97. The number of nitrogens with zero attached hydrogens (tertiary/aromatic N) is 7. The largest absolute Gasteiger partial charge is 0.342 e. The molecule has 0 aliphatic carbocycles. The number of piperidine rings is 1. The summed E-state index contributed by atoms with van der Waals surface area (Å²) in [7, 11) is 0. The Morgan fingerprint density at radius 2 is 1.88 bits per heavy atom. The number of carbonyl (C=O) groups is 2. The lowest BCUT2D eigenvalue weighted by Gasteiger charge is -2.33. The quantitative estimate of drug-likeness (QED) is 0.776. The van der Waals surface area contributed by atoms with Crippen molar-refractivity contribution in [2.24, 2.45) is 0 Å². The Morgan fingerprint density at radius 1 is 1.08 bits per heavy atom. The minimum Gasteiger partial charge on any atom is -0.342 e. The maximum atomic E-state index is 12.5. The smallest absolute Gasteiger partial charge is 0.292 e. The van der Waals surface area contributed by atoms with Crippen LogP contribution in [0.5, 0.6) is 0 Å². The van der Waals surface area contributed by atoms with Crippen molar-refractivity contribution in [3.8, 4) is 0 Å². The van der Waals surface area contributed by atoms with Gasteiger partial charge in [0.1, 0.15) is 5.82 Å². The predicted molar refractivity (Wildman–Crippen MR) is 91.0 cm³/mol. The van der Waals surface area contributed by atoms with E-state index < -0.39 is 0 Å². The second-order valence-electron chi connectivity index (χ2n) is 6.73. The van der Waals surface area contributed by atoms with Gasteiger partial charge in [0.2, 0.25) is 11.7 Å². The Kier molecular flexibility index (Phi) is 4.36. The summed E-state index contributed by atoms with van der Waals surface area (Å²) in [5, 5.41) is 8.69. The first-order valence-corrected chi connectivity index (χ1v) is 8.87. The molecule has 1 saturated heterocycles. The van der Waals surface area contributed by atoms with Gasteiger partial charge in [0, 0.05) is 51.4 Å². The van der Waals surface area contributed by atoms with Gasteiger partial charge in [-0.05, 0) is 18.9 Å². The van der Waals surface area contributed by atoms with E-state index in [0.717, 1.165) is 31.0 Å². The van der Waals surface area contributed by atoms with Crippen LogP contribution in [0.1, 0.15) is 48.0 Å². The van der Waals surface area contributed by atoms with E-state index in [0.29, 0.717) is 26.2 Å². The number of amides is 2. The van der Waals surface area contributed by atoms with Gasteiger partial charge < -0.3 is 14.4 Å². The average Bonchev–Trinajstić information content (AvgIpc) is 3.11. The Morgan fingerprint density at radius 3 is 2.65 bits per heavy atom. The van der Waals surface area contributed by atoms with Crippen LogP contribution in [0.25, 0.3) is 0 Å². The van der Waals surface area contributed by atoms with Crippen molar-refractivity contribution in [2.75, 3.05) is 19.6 Å². The van der Waals surface area contributed by atoms with Crippen molar-refractivity contribution in [3.63, 3.8) is 0 Å². The van der Waals surface area contributed by atoms with Crippen molar-refractivity contribution >= 4 is 11.8 Å². The number of fused-ring (bicyclic) bond motifs is 1. The van der Waals surface area contributed by atoms with Gasteiger partial charge in [-0.1, -0.05) is 0 Å². The molecule has 2 aromatic heterocycles. The van der Waals surface area contributed by atoms with Crippen molar-refractivity contribution in [1.29, 1.82) is 0 Å². The van der Waals surface area contributed by atoms with Crippen LogP contribution in [0.3, 0.4) is 0 Å². The molecule has 9 heteroatoms. The standard InChI is InChI=1S/C17H21N7O2/c1-12(25)22-7-2-4-13(10-22)16-21-20-14-11-23(8-9-24(14)16)17(26)15-18-5-3-6-19-15/h3,5-6,13H,2,4,7-11H2,1H3. The highest BCUT2D eigenvalue weighted by Gasteiger charge is 2.31. The lowest BCUT2D eigenvalue weighted by molar-refractivity contribution is -0.130. The monoisotopic (exact) mass is 355 g/mol. The van der Waals surface area contributed by atoms with E-state index in [1.165, 1.54) is 0 Å². The molecule has 2 aliphatic heterocycles. The van der Waals surface area contributed by atoms with Crippen molar-refractivity contribution in [1.82, 2.24) is 34.5 Å². The Labute approximate surface area is 151 Å². The summed E-state index contributed by atoms with van der Waals surface area (Å²) in [4.78, 5) is 35.9. The molecule has 0 radical (unpaired) electrons. The molecule has 0 aromatic carbocycles. The first-order chi connectivity index (χ1) is 12.6. The van der Waals surface area contributed by atoms with Crippen LogP contribution in [0.15, 0.2) is 18.5 Å². The Hall–Kier alpha value is -2.84. The molecule has 2 aliphatic rings. The van der Waals surface area contributed by atoms with Crippen LogP contribution >= 0.6 is 0 Å². The van der Waals surface area contributed by atoms with E-state index in [2.05, 4.69) is 24.7 Å². The lowest BCUT2D eigenvalue weighted by Crippen LogP contribution is -2.41. The van der Waals surface area contributed by atoms with Crippen molar-refractivity contribution < 1.29 is 9.59 Å². The number of hydrogen-bond donors (Lipinski definition) is 0. The summed E-state index contributed by atoms with van der Waals surface area (Å²) >= 11 is 0. The van der Waals surface area contributed by atoms with Gasteiger partial charge in [-0.25, -0.2) is 9.97 Å². The number of hydrogen-bond acceptors (Lipinski definition) is 6. The fourth-order valence-corrected chi connectivity index (χ4v) is 3.68. The Bertz CT molecular complexity index is 820. The highest BCUT2D eigenvalue weighted by Crippen LogP contribution is 2.27. The normalized spacial score (nSPS) is 20.0. The fraction of sp³-hybridized carbons (Fsp3) is 0.529. The van der Waals surface area contributed by atoms with E-state index in [9.17, 15) is 9.59 Å². The molecule has 2 aromatic rings. The number of rotatable bonds is 2. The molecule has 2 amide bonds. The van der Waals surface area contributed by atoms with Crippen LogP contribution in [0.4, 0.5) is 0 Å². The summed E-state index contributed by atoms with van der Waals surface area (Å²) in [6, 6.07) is 1.68. The van der Waals surface area contributed by atoms with Crippen LogP contribution < -0.4 is 0 Å². The molecule has 0 saturated carbocycles. The maximum Gasteiger partial charge on any atom is 0.292 e. The molecule has 0 spiro atoms. The molecular formula is C17H21N7O2. The second kappa shape index (κ2) is 6.81. The summed E-state index contributed by atoms with van der Waals surface area (Å²) in [6.45, 7) is 4.72. The summed E-state index contributed by atoms with van der Waals surface area (Å²) < 4.78 is 2.10. The van der Waals surface area contributed by atoms with Crippen molar-refractivity contribution in [2.45, 2.75) is 38.8 Å². The molecule has 26 heavy (non-hydrogen) atoms. The van der Waals surface area contributed by atoms with E-state index in [-0.39, 0.29) is 23.6 Å². The molecule has 4 rings (SSSR count). The van der Waals surface area contributed by atoms with E-state index in [1.807, 2.05) is 4.90 Å². The third-order valence-corrected chi connectivity index (χ3v) is 5.06. The number of likely N-dealkylation sites (tertiary alicyclic amines) is 1. The van der Waals surface area contributed by atoms with Crippen molar-refractivity contribution in [3.05, 3.63) is 35.9 Å². The minimum absolute atomic E-state index is 0.104. The van der Waals surface area contributed by atoms with Gasteiger partial charge in [0.05, 0.1) is 6.54 Å². The van der Waals surface area contributed by atoms with Crippen LogP contribution in [-0.4, -0.2) is 66.0 Å².